The first-order valence-electron chi connectivity index (χ1n) is 11.0. The van der Waals surface area contributed by atoms with Gasteiger partial charge in [-0.3, -0.25) is 10.1 Å². The number of nitrogens with one attached hydrogen (secondary N) is 1. The molecule has 3 aromatic rings. The number of rotatable bonds is 5. The molecule has 7 nitrogen and oxygen atoms in total. The number of aromatic nitrogens is 3. The number of nitrogens with zero attached hydrogens (tertiary/aromatic N) is 5. The molecule has 0 spiro atoms. The number of para-hydroxylation sites is 1. The number of piperazine rings is 1. The molecule has 1 aromatic carbocycles. The van der Waals surface area contributed by atoms with Crippen molar-refractivity contribution < 1.29 is 4.79 Å². The molecule has 1 N–H and O–H groups in total. The molecule has 2 aromatic heterocycles. The molecule has 5 rings (SSSR count). The van der Waals surface area contributed by atoms with Crippen molar-refractivity contribution in [2.24, 2.45) is 0 Å². The van der Waals surface area contributed by atoms with Gasteiger partial charge in [-0.15, -0.1) is 0 Å². The SMILES string of the molecule is Cc1c(C(=O)Nc2nc(C3CCC3)c(N3CCN(C)CC3)s2)cnn1-c1ccccc1. The van der Waals surface area contributed by atoms with E-state index in [1.54, 1.807) is 22.2 Å². The summed E-state index contributed by atoms with van der Waals surface area (Å²) in [6.45, 7) is 6.05. The molecule has 0 atom stereocenters. The second-order valence-electron chi connectivity index (χ2n) is 8.47. The van der Waals surface area contributed by atoms with Crippen LogP contribution in [0.5, 0.6) is 0 Å². The van der Waals surface area contributed by atoms with Crippen molar-refractivity contribution in [2.75, 3.05) is 43.4 Å². The summed E-state index contributed by atoms with van der Waals surface area (Å²) in [5, 5.41) is 9.41. The van der Waals surface area contributed by atoms with Crippen LogP contribution in [0.1, 0.15) is 46.9 Å². The van der Waals surface area contributed by atoms with E-state index in [1.807, 2.05) is 37.3 Å². The highest BCUT2D eigenvalue weighted by molar-refractivity contribution is 7.19. The van der Waals surface area contributed by atoms with Crippen molar-refractivity contribution >= 4 is 27.4 Å². The van der Waals surface area contributed by atoms with Crippen LogP contribution < -0.4 is 10.2 Å². The Morgan fingerprint density at radius 3 is 2.55 bits per heavy atom. The first-order chi connectivity index (χ1) is 15.1. The molecule has 31 heavy (non-hydrogen) atoms. The first-order valence-corrected chi connectivity index (χ1v) is 11.8. The molecular formula is C23H28N6OS. The molecule has 2 aliphatic rings. The molecule has 1 amide bonds. The van der Waals surface area contributed by atoms with Crippen LogP contribution in [0.3, 0.4) is 0 Å². The Bertz CT molecular complexity index is 1060. The van der Waals surface area contributed by atoms with Gasteiger partial charge in [0.15, 0.2) is 5.13 Å². The summed E-state index contributed by atoms with van der Waals surface area (Å²) in [6, 6.07) is 9.86. The standard InChI is InChI=1S/C23H28N6OS/c1-16-19(15-24-29(16)18-9-4-3-5-10-18)21(30)26-23-25-20(17-7-6-8-17)22(31-23)28-13-11-27(2)12-14-28/h3-5,9-10,15,17H,6-8,11-14H2,1-2H3,(H,25,26,30). The lowest BCUT2D eigenvalue weighted by Gasteiger charge is -2.35. The van der Waals surface area contributed by atoms with Gasteiger partial charge in [0, 0.05) is 32.1 Å². The maximum atomic E-state index is 13.1. The fourth-order valence-corrected chi connectivity index (χ4v) is 5.29. The molecule has 2 fully saturated rings. The van der Waals surface area contributed by atoms with Crippen molar-refractivity contribution in [2.45, 2.75) is 32.1 Å². The number of hydrogen-bond donors (Lipinski definition) is 1. The molecule has 1 saturated carbocycles. The van der Waals surface area contributed by atoms with Gasteiger partial charge in [-0.2, -0.15) is 5.10 Å². The Hall–Kier alpha value is -2.71. The second kappa shape index (κ2) is 8.43. The zero-order chi connectivity index (χ0) is 21.4. The van der Waals surface area contributed by atoms with E-state index in [0.717, 1.165) is 37.6 Å². The van der Waals surface area contributed by atoms with Gasteiger partial charge in [-0.05, 0) is 38.9 Å². The normalized spacial score (nSPS) is 17.5. The summed E-state index contributed by atoms with van der Waals surface area (Å²) in [5.41, 5.74) is 3.51. The summed E-state index contributed by atoms with van der Waals surface area (Å²) < 4.78 is 1.80. The molecule has 1 aliphatic carbocycles. The topological polar surface area (TPSA) is 66.3 Å². The summed E-state index contributed by atoms with van der Waals surface area (Å²) >= 11 is 1.61. The second-order valence-corrected chi connectivity index (χ2v) is 9.45. The number of thiazole rings is 1. The molecule has 162 valence electrons. The maximum absolute atomic E-state index is 13.1. The minimum Gasteiger partial charge on any atom is -0.359 e. The minimum atomic E-state index is -0.154. The van der Waals surface area contributed by atoms with Crippen molar-refractivity contribution in [1.82, 2.24) is 19.7 Å². The van der Waals surface area contributed by atoms with E-state index in [1.165, 1.54) is 30.0 Å². The summed E-state index contributed by atoms with van der Waals surface area (Å²) in [7, 11) is 2.17. The Morgan fingerprint density at radius 2 is 1.87 bits per heavy atom. The fourth-order valence-electron chi connectivity index (χ4n) is 4.19. The Balaban J connectivity index is 1.37. The lowest BCUT2D eigenvalue weighted by Crippen LogP contribution is -2.44. The van der Waals surface area contributed by atoms with Gasteiger partial charge >= 0.3 is 0 Å². The van der Waals surface area contributed by atoms with Crippen molar-refractivity contribution in [3.05, 3.63) is 53.5 Å². The lowest BCUT2D eigenvalue weighted by molar-refractivity contribution is 0.102. The number of amides is 1. The van der Waals surface area contributed by atoms with E-state index in [4.69, 9.17) is 4.98 Å². The van der Waals surface area contributed by atoms with E-state index in [-0.39, 0.29) is 5.91 Å². The number of hydrogen-bond acceptors (Lipinski definition) is 6. The third-order valence-corrected chi connectivity index (χ3v) is 7.44. The highest BCUT2D eigenvalue weighted by Crippen LogP contribution is 2.44. The third kappa shape index (κ3) is 3.97. The average Bonchev–Trinajstić information content (AvgIpc) is 3.32. The van der Waals surface area contributed by atoms with Gasteiger partial charge in [0.1, 0.15) is 5.00 Å². The van der Waals surface area contributed by atoms with Crippen LogP contribution in [-0.2, 0) is 0 Å². The van der Waals surface area contributed by atoms with Gasteiger partial charge < -0.3 is 9.80 Å². The van der Waals surface area contributed by atoms with Crippen LogP contribution in [0, 0.1) is 6.92 Å². The Labute approximate surface area is 186 Å². The van der Waals surface area contributed by atoms with Gasteiger partial charge in [-0.25, -0.2) is 9.67 Å². The fraction of sp³-hybridized carbons (Fsp3) is 0.435. The van der Waals surface area contributed by atoms with Crippen LogP contribution >= 0.6 is 11.3 Å². The molecule has 0 radical (unpaired) electrons. The Kier molecular flexibility index (Phi) is 5.50. The van der Waals surface area contributed by atoms with Crippen LogP contribution in [-0.4, -0.2) is 58.8 Å². The largest absolute Gasteiger partial charge is 0.359 e. The molecule has 3 heterocycles. The smallest absolute Gasteiger partial charge is 0.260 e. The first kappa shape index (κ1) is 20.2. The van der Waals surface area contributed by atoms with E-state index >= 15 is 0 Å². The van der Waals surface area contributed by atoms with Crippen molar-refractivity contribution in [1.29, 1.82) is 0 Å². The van der Waals surface area contributed by atoms with Crippen LogP contribution in [0.25, 0.3) is 5.69 Å². The Morgan fingerprint density at radius 1 is 1.13 bits per heavy atom. The van der Waals surface area contributed by atoms with E-state index in [9.17, 15) is 4.79 Å². The minimum absolute atomic E-state index is 0.154. The average molecular weight is 437 g/mol. The summed E-state index contributed by atoms with van der Waals surface area (Å²) in [5.74, 6) is 0.373. The van der Waals surface area contributed by atoms with Crippen LogP contribution in [0.2, 0.25) is 0 Å². The summed E-state index contributed by atoms with van der Waals surface area (Å²) in [6.07, 6.45) is 5.30. The molecule has 0 unspecified atom stereocenters. The lowest BCUT2D eigenvalue weighted by atomic mass is 9.83. The van der Waals surface area contributed by atoms with Crippen LogP contribution in [0.4, 0.5) is 10.1 Å². The van der Waals surface area contributed by atoms with Gasteiger partial charge in [0.25, 0.3) is 5.91 Å². The molecule has 1 aliphatic heterocycles. The zero-order valence-corrected chi connectivity index (χ0v) is 18.9. The predicted molar refractivity (Wildman–Crippen MR) is 125 cm³/mol. The van der Waals surface area contributed by atoms with Crippen molar-refractivity contribution in [3.63, 3.8) is 0 Å². The number of carbonyl (C=O) groups excluding carboxylic acids is 1. The number of carbonyl (C=O) groups is 1. The van der Waals surface area contributed by atoms with E-state index < -0.39 is 0 Å². The van der Waals surface area contributed by atoms with Gasteiger partial charge in [0.2, 0.25) is 0 Å². The maximum Gasteiger partial charge on any atom is 0.260 e. The monoisotopic (exact) mass is 436 g/mol. The number of benzene rings is 1. The van der Waals surface area contributed by atoms with Crippen molar-refractivity contribution in [3.8, 4) is 5.69 Å². The highest BCUT2D eigenvalue weighted by Gasteiger charge is 2.30. The number of likely N-dealkylation sites (N-methyl/N-ethyl adjacent to an activating group) is 1. The third-order valence-electron chi connectivity index (χ3n) is 6.39. The van der Waals surface area contributed by atoms with Gasteiger partial charge in [0.05, 0.1) is 28.8 Å². The van der Waals surface area contributed by atoms with Crippen LogP contribution in [0.15, 0.2) is 36.5 Å². The predicted octanol–water partition coefficient (Wildman–Crippen LogP) is 3.91. The molecule has 0 bridgehead atoms. The molecule has 1 saturated heterocycles. The summed E-state index contributed by atoms with van der Waals surface area (Å²) in [4.78, 5) is 22.7. The molecular weight excluding hydrogens is 408 g/mol. The molecule has 8 heteroatoms. The highest BCUT2D eigenvalue weighted by atomic mass is 32.1. The van der Waals surface area contributed by atoms with Gasteiger partial charge in [-0.1, -0.05) is 36.0 Å². The van der Waals surface area contributed by atoms with E-state index in [0.29, 0.717) is 16.6 Å². The zero-order valence-electron chi connectivity index (χ0n) is 18.0. The number of anilines is 2. The quantitative estimate of drug-likeness (QED) is 0.657. The van der Waals surface area contributed by atoms with E-state index in [2.05, 4.69) is 27.3 Å².